The number of nitrogens with two attached hydrogens (primary N) is 2. The molecule has 6 N–H and O–H groups in total. The predicted molar refractivity (Wildman–Crippen MR) is 111 cm³/mol. The molecule has 0 aromatic heterocycles. The van der Waals surface area contributed by atoms with Crippen molar-refractivity contribution in [2.45, 2.75) is 25.7 Å². The highest BCUT2D eigenvalue weighted by atomic mass is 16.5. The first-order valence-corrected chi connectivity index (χ1v) is 8.99. The molecular formula is C21H28N4O3. The summed E-state index contributed by atoms with van der Waals surface area (Å²) in [4.78, 5) is 8.00. The first-order chi connectivity index (χ1) is 13.6. The van der Waals surface area contributed by atoms with E-state index in [9.17, 15) is 0 Å². The molecule has 2 aromatic rings. The van der Waals surface area contributed by atoms with E-state index in [1.54, 1.807) is 24.3 Å². The summed E-state index contributed by atoms with van der Waals surface area (Å²) in [5, 5.41) is 14.7. The molecule has 2 aromatic carbocycles. The number of amidine groups is 2. The van der Waals surface area contributed by atoms with Crippen LogP contribution in [0.15, 0.2) is 48.5 Å². The maximum Gasteiger partial charge on any atom is 0.122 e. The maximum absolute atomic E-state index is 8.00. The molecule has 150 valence electrons. The Balaban J connectivity index is 0.00000190. The Hall–Kier alpha value is -3.35. The lowest BCUT2D eigenvalue weighted by atomic mass is 10.2. The second kappa shape index (κ2) is 12.9. The average molecular weight is 384 g/mol. The zero-order valence-corrected chi connectivity index (χ0v) is 15.9. The van der Waals surface area contributed by atoms with Crippen molar-refractivity contribution in [3.8, 4) is 11.5 Å². The van der Waals surface area contributed by atoms with E-state index in [1.165, 1.54) is 0 Å². The number of hydrogen-bond donors (Lipinski definition) is 4. The fourth-order valence-corrected chi connectivity index (χ4v) is 2.40. The molecule has 0 atom stereocenters. The molecule has 28 heavy (non-hydrogen) atoms. The van der Waals surface area contributed by atoms with Gasteiger partial charge in [0.15, 0.2) is 0 Å². The summed E-state index contributed by atoms with van der Waals surface area (Å²) in [7, 11) is 0. The molecule has 0 aliphatic heterocycles. The van der Waals surface area contributed by atoms with E-state index in [0.29, 0.717) is 24.3 Å². The number of rotatable bonds is 11. The summed E-state index contributed by atoms with van der Waals surface area (Å²) in [5.41, 5.74) is 12.2. The van der Waals surface area contributed by atoms with Crippen LogP contribution in [0.3, 0.4) is 0 Å². The second-order valence-corrected chi connectivity index (χ2v) is 5.99. The van der Waals surface area contributed by atoms with Gasteiger partial charge in [0.1, 0.15) is 30.0 Å². The molecule has 7 heteroatoms. The zero-order valence-electron chi connectivity index (χ0n) is 15.9. The van der Waals surface area contributed by atoms with Gasteiger partial charge in [0.05, 0.1) is 13.2 Å². The van der Waals surface area contributed by atoms with Crippen molar-refractivity contribution in [1.82, 2.24) is 0 Å². The third-order valence-electron chi connectivity index (χ3n) is 3.91. The Bertz CT molecular complexity index is 667. The molecule has 2 rings (SSSR count). The summed E-state index contributed by atoms with van der Waals surface area (Å²) in [6.07, 6.45) is 4.14. The third-order valence-corrected chi connectivity index (χ3v) is 3.91. The van der Waals surface area contributed by atoms with Crippen molar-refractivity contribution in [3.05, 3.63) is 59.7 Å². The van der Waals surface area contributed by atoms with Crippen LogP contribution in [0, 0.1) is 10.8 Å². The van der Waals surface area contributed by atoms with Crippen LogP contribution in [-0.4, -0.2) is 31.7 Å². The van der Waals surface area contributed by atoms with Gasteiger partial charge in [-0.25, -0.2) is 0 Å². The summed E-state index contributed by atoms with van der Waals surface area (Å²) < 4.78 is 11.4. The summed E-state index contributed by atoms with van der Waals surface area (Å²) >= 11 is 0. The lowest BCUT2D eigenvalue weighted by Gasteiger charge is -2.08. The Labute approximate surface area is 165 Å². The first-order valence-electron chi connectivity index (χ1n) is 8.99. The van der Waals surface area contributed by atoms with Gasteiger partial charge in [0.25, 0.3) is 0 Å². The smallest absolute Gasteiger partial charge is 0.122 e. The standard InChI is InChI=1S/C20H26N4O2.CH2O/c21-19(22)15-5-9-17(10-6-15)25-13-3-1-2-4-14-26-18-11-7-16(8-12-18)20(23)24;1-2/h5-12H,1-4,13-14H2,(H3,21,22)(H3,23,24);1H2. The number of nitrogens with one attached hydrogen (secondary N) is 2. The van der Waals surface area contributed by atoms with Crippen LogP contribution in [0.2, 0.25) is 0 Å². The van der Waals surface area contributed by atoms with Crippen LogP contribution in [0.1, 0.15) is 36.8 Å². The monoisotopic (exact) mass is 384 g/mol. The molecule has 0 heterocycles. The highest BCUT2D eigenvalue weighted by Crippen LogP contribution is 2.14. The SMILES string of the molecule is C=O.N=C(N)c1ccc(OCCCCCCOc2ccc(C(=N)N)cc2)cc1. The minimum atomic E-state index is 0.0635. The van der Waals surface area contributed by atoms with Crippen molar-refractivity contribution < 1.29 is 14.3 Å². The van der Waals surface area contributed by atoms with Crippen LogP contribution in [0.5, 0.6) is 11.5 Å². The lowest BCUT2D eigenvalue weighted by molar-refractivity contribution is -0.0979. The van der Waals surface area contributed by atoms with Crippen molar-refractivity contribution in [3.63, 3.8) is 0 Å². The van der Waals surface area contributed by atoms with Gasteiger partial charge in [0, 0.05) is 11.1 Å². The van der Waals surface area contributed by atoms with Crippen LogP contribution < -0.4 is 20.9 Å². The molecule has 0 saturated heterocycles. The van der Waals surface area contributed by atoms with Crippen molar-refractivity contribution in [1.29, 1.82) is 10.8 Å². The summed E-state index contributed by atoms with van der Waals surface area (Å²) in [6, 6.07) is 14.5. The number of nitrogen functional groups attached to an aromatic ring is 2. The molecule has 0 amide bonds. The number of hydrogen-bond acceptors (Lipinski definition) is 5. The number of benzene rings is 2. The van der Waals surface area contributed by atoms with E-state index >= 15 is 0 Å². The first kappa shape index (κ1) is 22.7. The molecule has 0 bridgehead atoms. The maximum atomic E-state index is 8.00. The Morgan fingerprint density at radius 2 is 1.00 bits per heavy atom. The van der Waals surface area contributed by atoms with Crippen molar-refractivity contribution in [2.75, 3.05) is 13.2 Å². The van der Waals surface area contributed by atoms with Crippen LogP contribution in [0.4, 0.5) is 0 Å². The van der Waals surface area contributed by atoms with Gasteiger partial charge in [0.2, 0.25) is 0 Å². The zero-order chi connectivity index (χ0) is 20.8. The second-order valence-electron chi connectivity index (χ2n) is 5.99. The van der Waals surface area contributed by atoms with E-state index < -0.39 is 0 Å². The van der Waals surface area contributed by atoms with Gasteiger partial charge in [-0.15, -0.1) is 0 Å². The van der Waals surface area contributed by atoms with E-state index in [1.807, 2.05) is 31.1 Å². The average Bonchev–Trinajstić information content (AvgIpc) is 2.72. The minimum Gasteiger partial charge on any atom is -0.494 e. The molecular weight excluding hydrogens is 356 g/mol. The van der Waals surface area contributed by atoms with Gasteiger partial charge >= 0.3 is 0 Å². The van der Waals surface area contributed by atoms with E-state index in [-0.39, 0.29) is 11.7 Å². The molecule has 0 fully saturated rings. The minimum absolute atomic E-state index is 0.0635. The summed E-state index contributed by atoms with van der Waals surface area (Å²) in [5.74, 6) is 1.72. The number of carbonyl (C=O) groups is 1. The van der Waals surface area contributed by atoms with E-state index in [4.69, 9.17) is 36.6 Å². The highest BCUT2D eigenvalue weighted by molar-refractivity contribution is 5.95. The molecule has 0 aliphatic carbocycles. The number of carbonyl (C=O) groups excluding carboxylic acids is 1. The van der Waals surface area contributed by atoms with Gasteiger partial charge in [-0.3, -0.25) is 10.8 Å². The van der Waals surface area contributed by atoms with Gasteiger partial charge in [-0.1, -0.05) is 0 Å². The topological polar surface area (TPSA) is 135 Å². The summed E-state index contributed by atoms with van der Waals surface area (Å²) in [6.45, 7) is 3.35. The van der Waals surface area contributed by atoms with Crippen LogP contribution in [-0.2, 0) is 4.79 Å². The molecule has 0 saturated carbocycles. The predicted octanol–water partition coefficient (Wildman–Crippen LogP) is 3.09. The van der Waals surface area contributed by atoms with Crippen LogP contribution >= 0.6 is 0 Å². The largest absolute Gasteiger partial charge is 0.494 e. The van der Waals surface area contributed by atoms with Gasteiger partial charge < -0.3 is 25.7 Å². The van der Waals surface area contributed by atoms with Crippen LogP contribution in [0.25, 0.3) is 0 Å². The van der Waals surface area contributed by atoms with Gasteiger partial charge in [-0.05, 0) is 74.2 Å². The molecule has 0 radical (unpaired) electrons. The Morgan fingerprint density at radius 3 is 1.29 bits per heavy atom. The normalized spacial score (nSPS) is 9.71. The van der Waals surface area contributed by atoms with Crippen molar-refractivity contribution >= 4 is 18.5 Å². The molecule has 0 unspecified atom stereocenters. The molecule has 7 nitrogen and oxygen atoms in total. The Kier molecular flexibility index (Phi) is 10.5. The number of unbranched alkanes of at least 4 members (excludes halogenated alkanes) is 3. The van der Waals surface area contributed by atoms with E-state index in [2.05, 4.69) is 0 Å². The number of ether oxygens (including phenoxy) is 2. The fourth-order valence-electron chi connectivity index (χ4n) is 2.40. The molecule has 0 spiro atoms. The third kappa shape index (κ3) is 8.35. The van der Waals surface area contributed by atoms with E-state index in [0.717, 1.165) is 37.2 Å². The lowest BCUT2D eigenvalue weighted by Crippen LogP contribution is -2.10. The fraction of sp³-hybridized carbons (Fsp3) is 0.286. The Morgan fingerprint density at radius 1 is 0.679 bits per heavy atom. The van der Waals surface area contributed by atoms with Crippen molar-refractivity contribution in [2.24, 2.45) is 11.5 Å². The molecule has 0 aliphatic rings. The van der Waals surface area contributed by atoms with Gasteiger partial charge in [-0.2, -0.15) is 0 Å². The quantitative estimate of drug-likeness (QED) is 0.268. The highest BCUT2D eigenvalue weighted by Gasteiger charge is 1.99.